The van der Waals surface area contributed by atoms with Crippen molar-refractivity contribution in [1.82, 2.24) is 0 Å². The van der Waals surface area contributed by atoms with E-state index in [4.69, 9.17) is 6.42 Å². The maximum Gasteiger partial charge on any atom is 0.0364 e. The molecule has 0 aliphatic heterocycles. The molecule has 0 saturated heterocycles. The van der Waals surface area contributed by atoms with Crippen LogP contribution in [0.2, 0.25) is 0 Å². The Hall–Kier alpha value is -2.78. The molecule has 0 fully saturated rings. The highest BCUT2D eigenvalue weighted by Gasteiger charge is 2.42. The van der Waals surface area contributed by atoms with Crippen LogP contribution in [-0.2, 0) is 11.8 Å². The Kier molecular flexibility index (Phi) is 3.28. The van der Waals surface area contributed by atoms with Gasteiger partial charge in [0.2, 0.25) is 0 Å². The predicted octanol–water partition coefficient (Wildman–Crippen LogP) is 5.22. The first-order valence-corrected chi connectivity index (χ1v) is 8.02. The topological polar surface area (TPSA) is 0 Å². The van der Waals surface area contributed by atoms with Crippen molar-refractivity contribution in [3.63, 3.8) is 0 Å². The fourth-order valence-corrected chi connectivity index (χ4v) is 3.98. The third kappa shape index (κ3) is 2.09. The van der Waals surface area contributed by atoms with Crippen molar-refractivity contribution in [2.24, 2.45) is 0 Å². The van der Waals surface area contributed by atoms with Crippen LogP contribution in [0.5, 0.6) is 0 Å². The normalized spacial score (nSPS) is 13.9. The van der Waals surface area contributed by atoms with Crippen molar-refractivity contribution in [2.75, 3.05) is 0 Å². The second-order valence-electron chi connectivity index (χ2n) is 6.22. The predicted molar refractivity (Wildman–Crippen MR) is 96.3 cm³/mol. The summed E-state index contributed by atoms with van der Waals surface area (Å²) in [6, 6.07) is 28.1. The van der Waals surface area contributed by atoms with Gasteiger partial charge in [0.05, 0.1) is 0 Å². The van der Waals surface area contributed by atoms with E-state index >= 15 is 0 Å². The lowest BCUT2D eigenvalue weighted by Crippen LogP contribution is -2.27. The number of benzene rings is 3. The minimum atomic E-state index is -0.122. The molecule has 0 radical (unpaired) electrons. The molecule has 110 valence electrons. The molecule has 0 atom stereocenters. The second-order valence-corrected chi connectivity index (χ2v) is 6.22. The molecule has 0 N–H and O–H groups in total. The van der Waals surface area contributed by atoms with Crippen LogP contribution < -0.4 is 0 Å². The van der Waals surface area contributed by atoms with Crippen LogP contribution in [-0.4, -0.2) is 0 Å². The molecule has 1 aliphatic rings. The maximum atomic E-state index is 5.81. The summed E-state index contributed by atoms with van der Waals surface area (Å²) in [6.45, 7) is 0. The van der Waals surface area contributed by atoms with Crippen LogP contribution in [0.3, 0.4) is 0 Å². The molecule has 1 aliphatic carbocycles. The maximum absolute atomic E-state index is 5.81. The Bertz CT molecular complexity index is 836. The minimum absolute atomic E-state index is 0.122. The largest absolute Gasteiger partial charge is 0.120 e. The van der Waals surface area contributed by atoms with Gasteiger partial charge in [0.15, 0.2) is 0 Å². The van der Waals surface area contributed by atoms with E-state index < -0.39 is 0 Å². The summed E-state index contributed by atoms with van der Waals surface area (Å²) >= 11 is 0. The van der Waals surface area contributed by atoms with Gasteiger partial charge in [0.1, 0.15) is 0 Å². The SMILES string of the molecule is C#CCC1(Cc2ccccc2)c2ccccc2-c2ccccc21. The number of hydrogen-bond donors (Lipinski definition) is 0. The molecule has 0 bridgehead atoms. The van der Waals surface area contributed by atoms with Gasteiger partial charge in [0, 0.05) is 11.8 Å². The fourth-order valence-electron chi connectivity index (χ4n) is 3.98. The van der Waals surface area contributed by atoms with Crippen molar-refractivity contribution >= 4 is 0 Å². The van der Waals surface area contributed by atoms with Gasteiger partial charge in [-0.3, -0.25) is 0 Å². The number of terminal acetylenes is 1. The Morgan fingerprint density at radius 3 is 1.78 bits per heavy atom. The zero-order chi connectivity index (χ0) is 15.7. The molecule has 0 aromatic heterocycles. The molecule has 0 saturated carbocycles. The van der Waals surface area contributed by atoms with E-state index in [1.165, 1.54) is 27.8 Å². The van der Waals surface area contributed by atoms with E-state index in [-0.39, 0.29) is 5.41 Å². The Morgan fingerprint density at radius 2 is 1.22 bits per heavy atom. The minimum Gasteiger partial charge on any atom is -0.120 e. The van der Waals surface area contributed by atoms with E-state index in [0.717, 1.165) is 12.8 Å². The first-order valence-electron chi connectivity index (χ1n) is 8.02. The van der Waals surface area contributed by atoms with Crippen molar-refractivity contribution in [3.05, 3.63) is 95.6 Å². The van der Waals surface area contributed by atoms with Crippen LogP contribution in [0.15, 0.2) is 78.9 Å². The summed E-state index contributed by atoms with van der Waals surface area (Å²) < 4.78 is 0. The van der Waals surface area contributed by atoms with Gasteiger partial charge in [-0.25, -0.2) is 0 Å². The van der Waals surface area contributed by atoms with E-state index in [2.05, 4.69) is 84.8 Å². The van der Waals surface area contributed by atoms with Crippen LogP contribution >= 0.6 is 0 Å². The summed E-state index contributed by atoms with van der Waals surface area (Å²) in [6.07, 6.45) is 7.47. The highest BCUT2D eigenvalue weighted by molar-refractivity contribution is 5.81. The van der Waals surface area contributed by atoms with Crippen LogP contribution in [0, 0.1) is 12.3 Å². The van der Waals surface area contributed by atoms with Gasteiger partial charge in [-0.05, 0) is 34.2 Å². The van der Waals surface area contributed by atoms with E-state index in [9.17, 15) is 0 Å². The van der Waals surface area contributed by atoms with Crippen molar-refractivity contribution in [2.45, 2.75) is 18.3 Å². The molecule has 3 aromatic carbocycles. The highest BCUT2D eigenvalue weighted by atomic mass is 14.4. The number of rotatable bonds is 3. The number of fused-ring (bicyclic) bond motifs is 3. The van der Waals surface area contributed by atoms with Crippen LogP contribution in [0.4, 0.5) is 0 Å². The lowest BCUT2D eigenvalue weighted by Gasteiger charge is -2.30. The third-order valence-electron chi connectivity index (χ3n) is 4.93. The summed E-state index contributed by atoms with van der Waals surface area (Å²) in [7, 11) is 0. The highest BCUT2D eigenvalue weighted by Crippen LogP contribution is 2.52. The summed E-state index contributed by atoms with van der Waals surface area (Å²) in [5.41, 5.74) is 6.59. The first-order chi connectivity index (χ1) is 11.3. The quantitative estimate of drug-likeness (QED) is 0.581. The monoisotopic (exact) mass is 294 g/mol. The van der Waals surface area contributed by atoms with Gasteiger partial charge >= 0.3 is 0 Å². The van der Waals surface area contributed by atoms with Gasteiger partial charge < -0.3 is 0 Å². The van der Waals surface area contributed by atoms with E-state index in [1.54, 1.807) is 0 Å². The second kappa shape index (κ2) is 5.45. The molecule has 0 heteroatoms. The van der Waals surface area contributed by atoms with Gasteiger partial charge in [-0.2, -0.15) is 0 Å². The molecule has 0 heterocycles. The van der Waals surface area contributed by atoms with Crippen molar-refractivity contribution < 1.29 is 0 Å². The van der Waals surface area contributed by atoms with E-state index in [0.29, 0.717) is 0 Å². The smallest absolute Gasteiger partial charge is 0.0364 e. The molecule has 4 rings (SSSR count). The molecular formula is C23H18. The Balaban J connectivity index is 1.97. The standard InChI is InChI=1S/C23H18/c1-2-16-23(17-18-10-4-3-5-11-18)21-14-8-6-12-19(21)20-13-7-9-15-22(20)23/h1,3-15H,16-17H2. The summed E-state index contributed by atoms with van der Waals surface area (Å²) in [4.78, 5) is 0. The molecule has 3 aromatic rings. The Morgan fingerprint density at radius 1 is 0.696 bits per heavy atom. The lowest BCUT2D eigenvalue weighted by atomic mass is 9.71. The Labute approximate surface area is 137 Å². The average molecular weight is 294 g/mol. The van der Waals surface area contributed by atoms with Gasteiger partial charge in [-0.15, -0.1) is 12.3 Å². The molecular weight excluding hydrogens is 276 g/mol. The molecule has 0 unspecified atom stereocenters. The molecule has 23 heavy (non-hydrogen) atoms. The van der Waals surface area contributed by atoms with Gasteiger partial charge in [-0.1, -0.05) is 78.9 Å². The average Bonchev–Trinajstić information content (AvgIpc) is 2.88. The van der Waals surface area contributed by atoms with E-state index in [1.807, 2.05) is 0 Å². The number of hydrogen-bond acceptors (Lipinski definition) is 0. The van der Waals surface area contributed by atoms with Crippen molar-refractivity contribution in [3.8, 4) is 23.5 Å². The van der Waals surface area contributed by atoms with Crippen LogP contribution in [0.1, 0.15) is 23.1 Å². The zero-order valence-corrected chi connectivity index (χ0v) is 13.0. The molecule has 0 nitrogen and oxygen atoms in total. The fraction of sp³-hybridized carbons (Fsp3) is 0.130. The zero-order valence-electron chi connectivity index (χ0n) is 13.0. The molecule has 0 amide bonds. The summed E-state index contributed by atoms with van der Waals surface area (Å²) in [5.74, 6) is 2.95. The van der Waals surface area contributed by atoms with Crippen LogP contribution in [0.25, 0.3) is 11.1 Å². The summed E-state index contributed by atoms with van der Waals surface area (Å²) in [5, 5.41) is 0. The van der Waals surface area contributed by atoms with Gasteiger partial charge in [0.25, 0.3) is 0 Å². The molecule has 0 spiro atoms. The first kappa shape index (κ1) is 13.9. The lowest BCUT2D eigenvalue weighted by molar-refractivity contribution is 0.539. The third-order valence-corrected chi connectivity index (χ3v) is 4.93. The van der Waals surface area contributed by atoms with Crippen molar-refractivity contribution in [1.29, 1.82) is 0 Å².